The SMILES string of the molecule is CCN(CC)CCn1c(NC(=O)c2ccc(COc3ccccc3Cl)o2)nc2ccccc21. The van der Waals surface area contributed by atoms with Crippen LogP contribution < -0.4 is 10.1 Å². The Morgan fingerprint density at radius 3 is 2.64 bits per heavy atom. The van der Waals surface area contributed by atoms with E-state index in [1.165, 1.54) is 0 Å². The monoisotopic (exact) mass is 466 g/mol. The zero-order chi connectivity index (χ0) is 23.2. The van der Waals surface area contributed by atoms with E-state index in [-0.39, 0.29) is 18.3 Å². The van der Waals surface area contributed by atoms with Crippen molar-refractivity contribution in [2.24, 2.45) is 0 Å². The molecule has 0 spiro atoms. The first kappa shape index (κ1) is 22.9. The summed E-state index contributed by atoms with van der Waals surface area (Å²) in [5.41, 5.74) is 1.81. The molecule has 33 heavy (non-hydrogen) atoms. The van der Waals surface area contributed by atoms with Crippen molar-refractivity contribution in [3.8, 4) is 5.75 Å². The average molecular weight is 467 g/mol. The number of rotatable bonds is 10. The van der Waals surface area contributed by atoms with Crippen LogP contribution in [0.1, 0.15) is 30.2 Å². The predicted molar refractivity (Wildman–Crippen MR) is 130 cm³/mol. The Kier molecular flexibility index (Phi) is 7.32. The number of para-hydroxylation sites is 3. The highest BCUT2D eigenvalue weighted by atomic mass is 35.5. The number of hydrogen-bond acceptors (Lipinski definition) is 5. The number of nitrogens with one attached hydrogen (secondary N) is 1. The van der Waals surface area contributed by atoms with E-state index in [9.17, 15) is 4.79 Å². The lowest BCUT2D eigenvalue weighted by molar-refractivity contribution is 0.0991. The first-order valence-electron chi connectivity index (χ1n) is 11.0. The van der Waals surface area contributed by atoms with Gasteiger partial charge in [-0.2, -0.15) is 0 Å². The molecule has 0 fully saturated rings. The second kappa shape index (κ2) is 10.6. The number of likely N-dealkylation sites (N-methyl/N-ethyl adjacent to an activating group) is 1. The highest BCUT2D eigenvalue weighted by Crippen LogP contribution is 2.25. The summed E-state index contributed by atoms with van der Waals surface area (Å²) in [7, 11) is 0. The van der Waals surface area contributed by atoms with E-state index in [1.54, 1.807) is 24.3 Å². The van der Waals surface area contributed by atoms with Crippen molar-refractivity contribution in [2.75, 3.05) is 25.0 Å². The molecule has 4 aromatic rings. The summed E-state index contributed by atoms with van der Waals surface area (Å²) in [5.74, 6) is 1.41. The van der Waals surface area contributed by atoms with Crippen LogP contribution in [0, 0.1) is 0 Å². The molecule has 7 nitrogen and oxygen atoms in total. The van der Waals surface area contributed by atoms with Crippen molar-refractivity contribution in [3.05, 3.63) is 77.2 Å². The quantitative estimate of drug-likeness (QED) is 0.336. The van der Waals surface area contributed by atoms with Gasteiger partial charge in [-0.05, 0) is 49.5 Å². The highest BCUT2D eigenvalue weighted by Gasteiger charge is 2.17. The fourth-order valence-corrected chi connectivity index (χ4v) is 3.82. The second-order valence-corrected chi connectivity index (χ2v) is 7.95. The van der Waals surface area contributed by atoms with Gasteiger partial charge in [0.2, 0.25) is 5.95 Å². The molecule has 0 saturated heterocycles. The van der Waals surface area contributed by atoms with E-state index in [0.29, 0.717) is 29.0 Å². The van der Waals surface area contributed by atoms with E-state index in [0.717, 1.165) is 30.7 Å². The number of fused-ring (bicyclic) bond motifs is 1. The Bertz CT molecular complexity index is 1230. The Labute approximate surface area is 197 Å². The van der Waals surface area contributed by atoms with Gasteiger partial charge < -0.3 is 18.6 Å². The molecule has 2 aromatic heterocycles. The standard InChI is InChI=1S/C25H27ClN4O3/c1-3-29(4-2)15-16-30-21-11-7-6-10-20(21)27-25(30)28-24(31)23-14-13-18(33-23)17-32-22-12-8-5-9-19(22)26/h5-14H,3-4,15-17H2,1-2H3,(H,27,28,31). The number of hydrogen-bond donors (Lipinski definition) is 1. The minimum Gasteiger partial charge on any atom is -0.484 e. The number of ether oxygens (including phenoxy) is 1. The molecule has 8 heteroatoms. The maximum atomic E-state index is 12.9. The number of nitrogens with zero attached hydrogens (tertiary/aromatic N) is 3. The van der Waals surface area contributed by atoms with Crippen LogP contribution in [-0.4, -0.2) is 40.0 Å². The third-order valence-corrected chi connectivity index (χ3v) is 5.82. The number of halogens is 1. The van der Waals surface area contributed by atoms with Crippen molar-refractivity contribution in [2.45, 2.75) is 27.0 Å². The predicted octanol–water partition coefficient (Wildman–Crippen LogP) is 5.46. The summed E-state index contributed by atoms with van der Waals surface area (Å²) >= 11 is 6.12. The number of carbonyl (C=O) groups excluding carboxylic acids is 1. The summed E-state index contributed by atoms with van der Waals surface area (Å²) in [5, 5.41) is 3.43. The third-order valence-electron chi connectivity index (χ3n) is 5.51. The normalized spacial score (nSPS) is 11.3. The summed E-state index contributed by atoms with van der Waals surface area (Å²) in [6, 6.07) is 18.4. The molecule has 0 bridgehead atoms. The zero-order valence-corrected chi connectivity index (χ0v) is 19.5. The first-order valence-corrected chi connectivity index (χ1v) is 11.4. The molecule has 0 aliphatic rings. The maximum Gasteiger partial charge on any atom is 0.293 e. The van der Waals surface area contributed by atoms with Crippen LogP contribution in [0.2, 0.25) is 5.02 Å². The molecule has 172 valence electrons. The molecule has 2 heterocycles. The molecule has 0 unspecified atom stereocenters. The molecule has 0 aliphatic carbocycles. The minimum atomic E-state index is -0.363. The third kappa shape index (κ3) is 5.38. The van der Waals surface area contributed by atoms with Gasteiger partial charge in [-0.3, -0.25) is 10.1 Å². The zero-order valence-electron chi connectivity index (χ0n) is 18.8. The molecule has 2 aromatic carbocycles. The van der Waals surface area contributed by atoms with Crippen molar-refractivity contribution in [3.63, 3.8) is 0 Å². The summed E-state index contributed by atoms with van der Waals surface area (Å²) in [6.45, 7) is 7.96. The van der Waals surface area contributed by atoms with Crippen molar-refractivity contribution in [1.29, 1.82) is 0 Å². The molecule has 0 radical (unpaired) electrons. The molecule has 4 rings (SSSR count). The molecule has 0 aliphatic heterocycles. The van der Waals surface area contributed by atoms with E-state index in [2.05, 4.69) is 29.0 Å². The topological polar surface area (TPSA) is 72.5 Å². The van der Waals surface area contributed by atoms with E-state index < -0.39 is 0 Å². The van der Waals surface area contributed by atoms with Crippen LogP contribution in [-0.2, 0) is 13.2 Å². The van der Waals surface area contributed by atoms with Crippen LogP contribution in [0.25, 0.3) is 11.0 Å². The molecular formula is C25H27ClN4O3. The molecular weight excluding hydrogens is 440 g/mol. The van der Waals surface area contributed by atoms with Gasteiger partial charge in [0.15, 0.2) is 5.76 Å². The Morgan fingerprint density at radius 1 is 1.09 bits per heavy atom. The Morgan fingerprint density at radius 2 is 1.85 bits per heavy atom. The van der Waals surface area contributed by atoms with E-state index in [4.69, 9.17) is 20.8 Å². The number of aromatic nitrogens is 2. The molecule has 1 N–H and O–H groups in total. The van der Waals surface area contributed by atoms with Crippen LogP contribution in [0.4, 0.5) is 5.95 Å². The number of carbonyl (C=O) groups is 1. The summed E-state index contributed by atoms with van der Waals surface area (Å²) in [4.78, 5) is 19.9. The van der Waals surface area contributed by atoms with Gasteiger partial charge in [-0.1, -0.05) is 49.7 Å². The molecule has 1 amide bonds. The molecule has 0 saturated carbocycles. The minimum absolute atomic E-state index is 0.166. The van der Waals surface area contributed by atoms with Crippen molar-refractivity contribution < 1.29 is 13.9 Å². The van der Waals surface area contributed by atoms with Crippen molar-refractivity contribution in [1.82, 2.24) is 14.5 Å². The number of amides is 1. The van der Waals surface area contributed by atoms with Crippen LogP contribution in [0.15, 0.2) is 65.1 Å². The van der Waals surface area contributed by atoms with Gasteiger partial charge >= 0.3 is 0 Å². The number of benzene rings is 2. The molecule has 0 atom stereocenters. The fraction of sp³-hybridized carbons (Fsp3) is 0.280. The van der Waals surface area contributed by atoms with Gasteiger partial charge in [-0.15, -0.1) is 0 Å². The second-order valence-electron chi connectivity index (χ2n) is 7.54. The van der Waals surface area contributed by atoms with E-state index in [1.807, 2.05) is 41.0 Å². The van der Waals surface area contributed by atoms with Gasteiger partial charge in [0.25, 0.3) is 5.91 Å². The lowest BCUT2D eigenvalue weighted by Gasteiger charge is -2.19. The number of imidazole rings is 1. The van der Waals surface area contributed by atoms with Gasteiger partial charge in [0, 0.05) is 13.1 Å². The Hall–Kier alpha value is -3.29. The van der Waals surface area contributed by atoms with Crippen LogP contribution >= 0.6 is 11.6 Å². The fourth-order valence-electron chi connectivity index (χ4n) is 3.63. The maximum absolute atomic E-state index is 12.9. The largest absolute Gasteiger partial charge is 0.484 e. The summed E-state index contributed by atoms with van der Waals surface area (Å²) in [6.07, 6.45) is 0. The van der Waals surface area contributed by atoms with Gasteiger partial charge in [-0.25, -0.2) is 4.98 Å². The van der Waals surface area contributed by atoms with Crippen LogP contribution in [0.5, 0.6) is 5.75 Å². The van der Waals surface area contributed by atoms with Crippen molar-refractivity contribution >= 4 is 34.5 Å². The van der Waals surface area contributed by atoms with Crippen LogP contribution in [0.3, 0.4) is 0 Å². The Balaban J connectivity index is 1.47. The number of anilines is 1. The summed E-state index contributed by atoms with van der Waals surface area (Å²) < 4.78 is 13.4. The van der Waals surface area contributed by atoms with Gasteiger partial charge in [0.05, 0.1) is 16.1 Å². The smallest absolute Gasteiger partial charge is 0.293 e. The average Bonchev–Trinajstić information content (AvgIpc) is 3.44. The van der Waals surface area contributed by atoms with Gasteiger partial charge in [0.1, 0.15) is 18.1 Å². The van der Waals surface area contributed by atoms with E-state index >= 15 is 0 Å². The lowest BCUT2D eigenvalue weighted by Crippen LogP contribution is -2.27. The number of furan rings is 1. The highest BCUT2D eigenvalue weighted by molar-refractivity contribution is 6.32. The first-order chi connectivity index (χ1) is 16.1. The lowest BCUT2D eigenvalue weighted by atomic mass is 10.3.